The smallest absolute Gasteiger partial charge is 0.257 e. The Kier molecular flexibility index (Phi) is 5.36. The van der Waals surface area contributed by atoms with Crippen LogP contribution in [0, 0.1) is 6.92 Å². The molecule has 0 aliphatic rings. The lowest BCUT2D eigenvalue weighted by Gasteiger charge is -2.07. The van der Waals surface area contributed by atoms with E-state index in [1.54, 1.807) is 0 Å². The number of aliphatic hydroxyl groups is 1. The Balaban J connectivity index is 2.26. The van der Waals surface area contributed by atoms with Gasteiger partial charge in [-0.1, -0.05) is 12.1 Å². The topological polar surface area (TPSA) is 58.6 Å². The largest absolute Gasteiger partial charge is 0.484 e. The van der Waals surface area contributed by atoms with Gasteiger partial charge in [0.05, 0.1) is 0 Å². The van der Waals surface area contributed by atoms with Crippen molar-refractivity contribution in [3.8, 4) is 5.75 Å². The average Bonchev–Trinajstić information content (AvgIpc) is 2.27. The number of benzene rings is 1. The first-order valence-corrected chi connectivity index (χ1v) is 5.29. The highest BCUT2D eigenvalue weighted by atomic mass is 16.5. The van der Waals surface area contributed by atoms with Crippen LogP contribution in [-0.2, 0) is 4.79 Å². The molecular weight excluding hydrogens is 206 g/mol. The van der Waals surface area contributed by atoms with E-state index < -0.39 is 0 Å². The second-order valence-corrected chi connectivity index (χ2v) is 3.53. The van der Waals surface area contributed by atoms with Crippen molar-refractivity contribution in [2.45, 2.75) is 13.3 Å². The van der Waals surface area contributed by atoms with E-state index in [0.717, 1.165) is 5.56 Å². The number of aryl methyl sites for hydroxylation is 1. The molecule has 1 aromatic rings. The van der Waals surface area contributed by atoms with Gasteiger partial charge in [-0.05, 0) is 31.0 Å². The number of amides is 1. The van der Waals surface area contributed by atoms with Crippen molar-refractivity contribution < 1.29 is 14.6 Å². The molecule has 0 fully saturated rings. The Bertz CT molecular complexity index is 339. The summed E-state index contributed by atoms with van der Waals surface area (Å²) in [5.74, 6) is 0.521. The van der Waals surface area contributed by atoms with Gasteiger partial charge in [0, 0.05) is 13.2 Å². The van der Waals surface area contributed by atoms with Gasteiger partial charge in [0.15, 0.2) is 6.61 Å². The van der Waals surface area contributed by atoms with Crippen LogP contribution in [0.25, 0.3) is 0 Å². The van der Waals surface area contributed by atoms with E-state index in [0.29, 0.717) is 18.7 Å². The molecule has 0 aromatic heterocycles. The Morgan fingerprint density at radius 3 is 3.00 bits per heavy atom. The highest BCUT2D eigenvalue weighted by Crippen LogP contribution is 2.11. The maximum atomic E-state index is 11.3. The molecule has 0 heterocycles. The van der Waals surface area contributed by atoms with Crippen LogP contribution in [0.1, 0.15) is 12.0 Å². The third-order valence-electron chi connectivity index (χ3n) is 2.02. The number of rotatable bonds is 6. The zero-order chi connectivity index (χ0) is 11.8. The summed E-state index contributed by atoms with van der Waals surface area (Å²) >= 11 is 0. The molecule has 0 unspecified atom stereocenters. The number of hydrogen-bond acceptors (Lipinski definition) is 3. The molecule has 0 bridgehead atoms. The standard InChI is InChI=1S/C12H17NO3/c1-10-4-2-5-11(8-10)16-9-12(15)13-6-3-7-14/h2,4-5,8,14H,3,6-7,9H2,1H3,(H,13,15). The zero-order valence-electron chi connectivity index (χ0n) is 9.40. The van der Waals surface area contributed by atoms with E-state index in [2.05, 4.69) is 5.32 Å². The van der Waals surface area contributed by atoms with Crippen LogP contribution in [0.3, 0.4) is 0 Å². The summed E-state index contributed by atoms with van der Waals surface area (Å²) in [5, 5.41) is 11.2. The number of carbonyl (C=O) groups is 1. The quantitative estimate of drug-likeness (QED) is 0.704. The van der Waals surface area contributed by atoms with Crippen LogP contribution < -0.4 is 10.1 Å². The van der Waals surface area contributed by atoms with Crippen molar-refractivity contribution in [3.05, 3.63) is 29.8 Å². The van der Waals surface area contributed by atoms with Gasteiger partial charge in [-0.25, -0.2) is 0 Å². The van der Waals surface area contributed by atoms with Gasteiger partial charge in [0.1, 0.15) is 5.75 Å². The van der Waals surface area contributed by atoms with E-state index in [1.165, 1.54) is 0 Å². The van der Waals surface area contributed by atoms with Crippen LogP contribution >= 0.6 is 0 Å². The normalized spacial score (nSPS) is 9.88. The minimum atomic E-state index is -0.171. The Morgan fingerprint density at radius 1 is 1.50 bits per heavy atom. The lowest BCUT2D eigenvalue weighted by molar-refractivity contribution is -0.123. The van der Waals surface area contributed by atoms with E-state index in [9.17, 15) is 4.79 Å². The molecule has 0 atom stereocenters. The molecule has 0 saturated heterocycles. The van der Waals surface area contributed by atoms with Crippen molar-refractivity contribution in [3.63, 3.8) is 0 Å². The van der Waals surface area contributed by atoms with E-state index in [1.807, 2.05) is 31.2 Å². The second kappa shape index (κ2) is 6.85. The molecule has 0 spiro atoms. The predicted molar refractivity (Wildman–Crippen MR) is 61.4 cm³/mol. The highest BCUT2D eigenvalue weighted by Gasteiger charge is 2.01. The maximum Gasteiger partial charge on any atom is 0.257 e. The number of aliphatic hydroxyl groups excluding tert-OH is 1. The first-order chi connectivity index (χ1) is 7.72. The summed E-state index contributed by atoms with van der Waals surface area (Å²) in [6.45, 7) is 2.54. The zero-order valence-corrected chi connectivity index (χ0v) is 9.40. The van der Waals surface area contributed by atoms with Crippen LogP contribution in [-0.4, -0.2) is 30.8 Å². The molecule has 2 N–H and O–H groups in total. The van der Waals surface area contributed by atoms with Crippen LogP contribution in [0.15, 0.2) is 24.3 Å². The molecule has 0 aliphatic carbocycles. The molecule has 1 rings (SSSR count). The number of hydrogen-bond donors (Lipinski definition) is 2. The average molecular weight is 223 g/mol. The summed E-state index contributed by atoms with van der Waals surface area (Å²) in [6.07, 6.45) is 0.566. The van der Waals surface area contributed by atoms with Crippen LogP contribution in [0.2, 0.25) is 0 Å². The van der Waals surface area contributed by atoms with Gasteiger partial charge in [0.25, 0.3) is 5.91 Å². The third kappa shape index (κ3) is 4.79. The summed E-state index contributed by atoms with van der Waals surface area (Å²) in [4.78, 5) is 11.3. The van der Waals surface area contributed by atoms with Gasteiger partial charge in [-0.15, -0.1) is 0 Å². The predicted octanol–water partition coefficient (Wildman–Crippen LogP) is 0.872. The van der Waals surface area contributed by atoms with Crippen molar-refractivity contribution in [2.24, 2.45) is 0 Å². The number of ether oxygens (including phenoxy) is 1. The monoisotopic (exact) mass is 223 g/mol. The Hall–Kier alpha value is -1.55. The molecule has 4 heteroatoms. The molecule has 0 saturated carbocycles. The van der Waals surface area contributed by atoms with Crippen LogP contribution in [0.5, 0.6) is 5.75 Å². The van der Waals surface area contributed by atoms with Gasteiger partial charge in [0.2, 0.25) is 0 Å². The molecule has 88 valence electrons. The summed E-state index contributed by atoms with van der Waals surface area (Å²) in [6, 6.07) is 7.54. The molecular formula is C12H17NO3. The minimum absolute atomic E-state index is 0.00881. The maximum absolute atomic E-state index is 11.3. The fourth-order valence-corrected chi connectivity index (χ4v) is 1.21. The van der Waals surface area contributed by atoms with Gasteiger partial charge >= 0.3 is 0 Å². The first kappa shape index (κ1) is 12.5. The van der Waals surface area contributed by atoms with Gasteiger partial charge < -0.3 is 15.2 Å². The molecule has 16 heavy (non-hydrogen) atoms. The fraction of sp³-hybridized carbons (Fsp3) is 0.417. The Morgan fingerprint density at radius 2 is 2.31 bits per heavy atom. The van der Waals surface area contributed by atoms with Gasteiger partial charge in [-0.3, -0.25) is 4.79 Å². The van der Waals surface area contributed by atoms with E-state index in [4.69, 9.17) is 9.84 Å². The lowest BCUT2D eigenvalue weighted by atomic mass is 10.2. The summed E-state index contributed by atoms with van der Waals surface area (Å²) in [7, 11) is 0. The molecule has 4 nitrogen and oxygen atoms in total. The third-order valence-corrected chi connectivity index (χ3v) is 2.02. The minimum Gasteiger partial charge on any atom is -0.484 e. The van der Waals surface area contributed by atoms with Crippen molar-refractivity contribution in [1.29, 1.82) is 0 Å². The molecule has 1 aromatic carbocycles. The van der Waals surface area contributed by atoms with Crippen molar-refractivity contribution in [1.82, 2.24) is 5.32 Å². The summed E-state index contributed by atoms with van der Waals surface area (Å²) < 4.78 is 5.30. The molecule has 1 amide bonds. The number of carbonyl (C=O) groups excluding carboxylic acids is 1. The SMILES string of the molecule is Cc1cccc(OCC(=O)NCCCO)c1. The van der Waals surface area contributed by atoms with Crippen molar-refractivity contribution >= 4 is 5.91 Å². The van der Waals surface area contributed by atoms with E-state index in [-0.39, 0.29) is 19.1 Å². The highest BCUT2D eigenvalue weighted by molar-refractivity contribution is 5.77. The van der Waals surface area contributed by atoms with Crippen molar-refractivity contribution in [2.75, 3.05) is 19.8 Å². The van der Waals surface area contributed by atoms with Gasteiger partial charge in [-0.2, -0.15) is 0 Å². The number of nitrogens with one attached hydrogen (secondary N) is 1. The van der Waals surface area contributed by atoms with E-state index >= 15 is 0 Å². The molecule has 0 aliphatic heterocycles. The summed E-state index contributed by atoms with van der Waals surface area (Å²) in [5.41, 5.74) is 1.10. The Labute approximate surface area is 95.2 Å². The van der Waals surface area contributed by atoms with Crippen LogP contribution in [0.4, 0.5) is 0 Å². The molecule has 0 radical (unpaired) electrons. The lowest BCUT2D eigenvalue weighted by Crippen LogP contribution is -2.30. The fourth-order valence-electron chi connectivity index (χ4n) is 1.21. The first-order valence-electron chi connectivity index (χ1n) is 5.29. The second-order valence-electron chi connectivity index (χ2n) is 3.53.